The third-order valence-electron chi connectivity index (χ3n) is 4.22. The van der Waals surface area contributed by atoms with E-state index < -0.39 is 16.6 Å². The van der Waals surface area contributed by atoms with Gasteiger partial charge in [0, 0.05) is 24.2 Å². The SMILES string of the molecule is Cl.O=C(NC1CC2CCC(C1)N2)c1ccc([N+](=O)[O-])cc1F. The quantitative estimate of drug-likeness (QED) is 0.657. The Morgan fingerprint density at radius 3 is 2.50 bits per heavy atom. The minimum atomic E-state index is -0.862. The Bertz CT molecular complexity index is 587. The summed E-state index contributed by atoms with van der Waals surface area (Å²) in [7, 11) is 0. The van der Waals surface area contributed by atoms with E-state index in [1.807, 2.05) is 0 Å². The van der Waals surface area contributed by atoms with Crippen LogP contribution in [-0.2, 0) is 0 Å². The zero-order valence-corrected chi connectivity index (χ0v) is 12.6. The summed E-state index contributed by atoms with van der Waals surface area (Å²) in [5.74, 6) is -1.37. The van der Waals surface area contributed by atoms with E-state index in [1.54, 1.807) is 0 Å². The number of fused-ring (bicyclic) bond motifs is 2. The molecule has 1 aromatic rings. The number of hydrogen-bond acceptors (Lipinski definition) is 4. The second-order valence-corrected chi connectivity index (χ2v) is 5.70. The third-order valence-corrected chi connectivity index (χ3v) is 4.22. The van der Waals surface area contributed by atoms with Crippen LogP contribution >= 0.6 is 12.4 Å². The van der Waals surface area contributed by atoms with Gasteiger partial charge in [-0.3, -0.25) is 14.9 Å². The van der Waals surface area contributed by atoms with Crippen LogP contribution in [0, 0.1) is 15.9 Å². The molecule has 2 saturated heterocycles. The van der Waals surface area contributed by atoms with Gasteiger partial charge < -0.3 is 10.6 Å². The van der Waals surface area contributed by atoms with Crippen LogP contribution in [0.5, 0.6) is 0 Å². The average molecular weight is 330 g/mol. The minimum Gasteiger partial charge on any atom is -0.349 e. The van der Waals surface area contributed by atoms with Gasteiger partial charge >= 0.3 is 0 Å². The number of carbonyl (C=O) groups excluding carboxylic acids is 1. The monoisotopic (exact) mass is 329 g/mol. The molecule has 0 aliphatic carbocycles. The summed E-state index contributed by atoms with van der Waals surface area (Å²) in [5, 5.41) is 16.9. The lowest BCUT2D eigenvalue weighted by molar-refractivity contribution is -0.385. The van der Waals surface area contributed by atoms with Gasteiger partial charge in [0.15, 0.2) is 0 Å². The first kappa shape index (κ1) is 16.6. The van der Waals surface area contributed by atoms with E-state index >= 15 is 0 Å². The first-order chi connectivity index (χ1) is 10.0. The molecular formula is C14H17ClFN3O3. The second kappa shape index (κ2) is 6.58. The Morgan fingerprint density at radius 2 is 1.95 bits per heavy atom. The van der Waals surface area contributed by atoms with Gasteiger partial charge in [-0.2, -0.15) is 0 Å². The maximum absolute atomic E-state index is 13.8. The lowest BCUT2D eigenvalue weighted by Gasteiger charge is -2.29. The number of rotatable bonds is 3. The number of nitro groups is 1. The molecule has 8 heteroatoms. The number of hydrogen-bond donors (Lipinski definition) is 2. The molecule has 2 atom stereocenters. The summed E-state index contributed by atoms with van der Waals surface area (Å²) >= 11 is 0. The van der Waals surface area contributed by atoms with Crippen LogP contribution in [0.4, 0.5) is 10.1 Å². The van der Waals surface area contributed by atoms with Crippen LogP contribution in [0.15, 0.2) is 18.2 Å². The Balaban J connectivity index is 0.00000176. The smallest absolute Gasteiger partial charge is 0.272 e. The van der Waals surface area contributed by atoms with Crippen LogP contribution in [0.3, 0.4) is 0 Å². The number of amides is 1. The molecule has 2 aliphatic heterocycles. The van der Waals surface area contributed by atoms with Crippen molar-refractivity contribution < 1.29 is 14.1 Å². The predicted molar refractivity (Wildman–Crippen MR) is 80.7 cm³/mol. The minimum absolute atomic E-state index is 0. The van der Waals surface area contributed by atoms with E-state index in [0.717, 1.165) is 37.8 Å². The largest absolute Gasteiger partial charge is 0.349 e. The predicted octanol–water partition coefficient (Wildman–Crippen LogP) is 2.17. The molecule has 2 N–H and O–H groups in total. The molecule has 2 fully saturated rings. The van der Waals surface area contributed by atoms with E-state index in [9.17, 15) is 19.3 Å². The van der Waals surface area contributed by atoms with Crippen LogP contribution in [0.2, 0.25) is 0 Å². The maximum atomic E-state index is 13.8. The number of benzene rings is 1. The molecule has 0 saturated carbocycles. The Kier molecular flexibility index (Phi) is 4.97. The molecular weight excluding hydrogens is 313 g/mol. The fourth-order valence-electron chi connectivity index (χ4n) is 3.24. The van der Waals surface area contributed by atoms with Crippen molar-refractivity contribution in [2.75, 3.05) is 0 Å². The van der Waals surface area contributed by atoms with E-state index in [1.165, 1.54) is 6.07 Å². The molecule has 3 rings (SSSR count). The molecule has 0 spiro atoms. The molecule has 120 valence electrons. The fourth-order valence-corrected chi connectivity index (χ4v) is 3.24. The van der Waals surface area contributed by atoms with Gasteiger partial charge in [-0.25, -0.2) is 4.39 Å². The molecule has 6 nitrogen and oxygen atoms in total. The van der Waals surface area contributed by atoms with E-state index in [0.29, 0.717) is 12.1 Å². The number of non-ortho nitro benzene ring substituents is 1. The lowest BCUT2D eigenvalue weighted by atomic mass is 9.99. The van der Waals surface area contributed by atoms with Gasteiger partial charge in [0.25, 0.3) is 11.6 Å². The number of piperidine rings is 1. The summed E-state index contributed by atoms with van der Waals surface area (Å²) in [6.45, 7) is 0. The summed E-state index contributed by atoms with van der Waals surface area (Å²) < 4.78 is 13.8. The van der Waals surface area contributed by atoms with Crippen LogP contribution < -0.4 is 10.6 Å². The second-order valence-electron chi connectivity index (χ2n) is 5.70. The molecule has 2 bridgehead atoms. The zero-order valence-electron chi connectivity index (χ0n) is 11.8. The van der Waals surface area contributed by atoms with Crippen molar-refractivity contribution in [1.29, 1.82) is 0 Å². The van der Waals surface area contributed by atoms with E-state index in [-0.39, 0.29) is 29.7 Å². The van der Waals surface area contributed by atoms with Crippen molar-refractivity contribution in [3.05, 3.63) is 39.7 Å². The van der Waals surface area contributed by atoms with E-state index in [2.05, 4.69) is 10.6 Å². The summed E-state index contributed by atoms with van der Waals surface area (Å²) in [6.07, 6.45) is 3.92. The molecule has 0 radical (unpaired) electrons. The first-order valence-electron chi connectivity index (χ1n) is 7.04. The van der Waals surface area contributed by atoms with Gasteiger partial charge in [0.1, 0.15) is 5.82 Å². The number of nitro benzene ring substituents is 1. The van der Waals surface area contributed by atoms with Crippen molar-refractivity contribution in [3.8, 4) is 0 Å². The zero-order chi connectivity index (χ0) is 15.0. The van der Waals surface area contributed by atoms with Crippen molar-refractivity contribution in [2.24, 2.45) is 0 Å². The third kappa shape index (κ3) is 3.36. The highest BCUT2D eigenvalue weighted by Crippen LogP contribution is 2.27. The van der Waals surface area contributed by atoms with Gasteiger partial charge in [-0.1, -0.05) is 0 Å². The number of carbonyl (C=O) groups is 1. The molecule has 2 aliphatic rings. The highest BCUT2D eigenvalue weighted by atomic mass is 35.5. The van der Waals surface area contributed by atoms with Crippen molar-refractivity contribution in [2.45, 2.75) is 43.8 Å². The molecule has 0 aromatic heterocycles. The first-order valence-corrected chi connectivity index (χ1v) is 7.04. The van der Waals surface area contributed by atoms with Gasteiger partial charge in [-0.15, -0.1) is 12.4 Å². The number of nitrogens with zero attached hydrogens (tertiary/aromatic N) is 1. The average Bonchev–Trinajstić information content (AvgIpc) is 2.77. The van der Waals surface area contributed by atoms with Crippen molar-refractivity contribution in [1.82, 2.24) is 10.6 Å². The molecule has 1 amide bonds. The standard InChI is InChI=1S/C14H16FN3O3.ClH/c15-13-7-11(18(20)21)3-4-12(13)14(19)17-10-5-8-1-2-9(6-10)16-8;/h3-4,7-10,16H,1-2,5-6H2,(H,17,19);1H. The van der Waals surface area contributed by atoms with Gasteiger partial charge in [0.2, 0.25) is 0 Å². The Labute approximate surface area is 133 Å². The normalized spacial score (nSPS) is 26.1. The number of nitrogens with one attached hydrogen (secondary N) is 2. The van der Waals surface area contributed by atoms with Gasteiger partial charge in [0.05, 0.1) is 16.6 Å². The Hall–Kier alpha value is -1.73. The highest BCUT2D eigenvalue weighted by Gasteiger charge is 2.34. The lowest BCUT2D eigenvalue weighted by Crippen LogP contribution is -2.48. The van der Waals surface area contributed by atoms with Gasteiger partial charge in [-0.05, 0) is 31.7 Å². The highest BCUT2D eigenvalue weighted by molar-refractivity contribution is 5.94. The Morgan fingerprint density at radius 1 is 1.32 bits per heavy atom. The molecule has 2 unspecified atom stereocenters. The maximum Gasteiger partial charge on any atom is 0.272 e. The summed E-state index contributed by atoms with van der Waals surface area (Å²) in [5.41, 5.74) is -0.504. The van der Waals surface area contributed by atoms with E-state index in [4.69, 9.17) is 0 Å². The number of halogens is 2. The molecule has 2 heterocycles. The summed E-state index contributed by atoms with van der Waals surface area (Å²) in [6, 6.07) is 3.97. The summed E-state index contributed by atoms with van der Waals surface area (Å²) in [4.78, 5) is 22.0. The van der Waals surface area contributed by atoms with Crippen LogP contribution in [-0.4, -0.2) is 29.0 Å². The fraction of sp³-hybridized carbons (Fsp3) is 0.500. The van der Waals surface area contributed by atoms with Crippen LogP contribution in [0.1, 0.15) is 36.0 Å². The van der Waals surface area contributed by atoms with Crippen molar-refractivity contribution in [3.63, 3.8) is 0 Å². The van der Waals surface area contributed by atoms with Crippen molar-refractivity contribution >= 4 is 24.0 Å². The molecule has 22 heavy (non-hydrogen) atoms. The van der Waals surface area contributed by atoms with Crippen LogP contribution in [0.25, 0.3) is 0 Å². The topological polar surface area (TPSA) is 84.3 Å². The molecule has 1 aromatic carbocycles.